The molecule has 3 aromatic rings. The number of aliphatic hydroxyl groups excluding tert-OH is 1. The zero-order valence-corrected chi connectivity index (χ0v) is 17.0. The molecule has 6 nitrogen and oxygen atoms in total. The van der Waals surface area contributed by atoms with Crippen LogP contribution in [-0.2, 0) is 9.59 Å². The van der Waals surface area contributed by atoms with Gasteiger partial charge in [-0.2, -0.15) is 0 Å². The molecule has 7 heteroatoms. The number of furan rings is 1. The maximum Gasteiger partial charge on any atom is 0.300 e. The molecule has 1 N–H and O–H groups in total. The van der Waals surface area contributed by atoms with Crippen LogP contribution in [-0.4, -0.2) is 23.9 Å². The van der Waals surface area contributed by atoms with Crippen LogP contribution in [0.15, 0.2) is 70.9 Å². The van der Waals surface area contributed by atoms with Gasteiger partial charge in [0, 0.05) is 10.7 Å². The maximum atomic E-state index is 13.1. The Labute approximate surface area is 177 Å². The van der Waals surface area contributed by atoms with E-state index in [-0.39, 0.29) is 16.9 Å². The number of nitrogens with zero attached hydrogens (tertiary/aromatic N) is 1. The van der Waals surface area contributed by atoms with Crippen LogP contribution in [0.4, 0.5) is 5.69 Å². The Morgan fingerprint density at radius 3 is 2.57 bits per heavy atom. The van der Waals surface area contributed by atoms with Crippen LogP contribution in [0.2, 0.25) is 5.02 Å². The van der Waals surface area contributed by atoms with Crippen molar-refractivity contribution in [3.63, 3.8) is 0 Å². The second-order valence-electron chi connectivity index (χ2n) is 6.82. The summed E-state index contributed by atoms with van der Waals surface area (Å²) in [4.78, 5) is 27.5. The van der Waals surface area contributed by atoms with Gasteiger partial charge in [-0.1, -0.05) is 29.8 Å². The fraction of sp³-hybridized carbons (Fsp3) is 0.130. The van der Waals surface area contributed by atoms with Gasteiger partial charge in [-0.15, -0.1) is 0 Å². The highest BCUT2D eigenvalue weighted by atomic mass is 35.5. The molecule has 152 valence electrons. The molecule has 1 fully saturated rings. The molecule has 1 amide bonds. The van der Waals surface area contributed by atoms with Gasteiger partial charge >= 0.3 is 0 Å². The Balaban J connectivity index is 1.98. The van der Waals surface area contributed by atoms with Gasteiger partial charge in [0.1, 0.15) is 23.3 Å². The number of aliphatic hydroxyl groups is 1. The van der Waals surface area contributed by atoms with Crippen molar-refractivity contribution in [1.82, 2.24) is 0 Å². The van der Waals surface area contributed by atoms with E-state index >= 15 is 0 Å². The molecule has 1 unspecified atom stereocenters. The van der Waals surface area contributed by atoms with Crippen molar-refractivity contribution in [2.24, 2.45) is 0 Å². The van der Waals surface area contributed by atoms with Crippen molar-refractivity contribution in [3.05, 3.63) is 88.3 Å². The van der Waals surface area contributed by atoms with E-state index in [1.54, 1.807) is 36.4 Å². The Kier molecular flexibility index (Phi) is 5.10. The minimum Gasteiger partial charge on any atom is -0.507 e. The highest BCUT2D eigenvalue weighted by Gasteiger charge is 2.48. The molecule has 1 aromatic heterocycles. The van der Waals surface area contributed by atoms with E-state index in [2.05, 4.69) is 0 Å². The molecule has 1 aliphatic heterocycles. The standard InChI is InChI=1S/C23H18ClNO5/c1-13-6-3-4-7-16(13)25-20(18-8-5-11-30-18)19(22(27)23(25)28)21(26)15-12-14(24)9-10-17(15)29-2/h3-12,20,26H,1-2H3/b21-19-. The average molecular weight is 424 g/mol. The number of rotatable bonds is 4. The number of methoxy groups -OCH3 is 1. The zero-order valence-electron chi connectivity index (χ0n) is 16.3. The average Bonchev–Trinajstić information content (AvgIpc) is 3.35. The molecule has 2 heterocycles. The van der Waals surface area contributed by atoms with E-state index < -0.39 is 17.7 Å². The number of carbonyl (C=O) groups is 2. The summed E-state index contributed by atoms with van der Waals surface area (Å²) >= 11 is 6.10. The maximum absolute atomic E-state index is 13.1. The lowest BCUT2D eigenvalue weighted by molar-refractivity contribution is -0.132. The van der Waals surface area contributed by atoms with Gasteiger partial charge < -0.3 is 14.3 Å². The number of halogens is 1. The molecular weight excluding hydrogens is 406 g/mol. The summed E-state index contributed by atoms with van der Waals surface area (Å²) in [6, 6.07) is 14.3. The van der Waals surface area contributed by atoms with Crippen molar-refractivity contribution in [3.8, 4) is 5.75 Å². The summed E-state index contributed by atoms with van der Waals surface area (Å²) in [5.41, 5.74) is 1.47. The number of ether oxygens (including phenoxy) is 1. The predicted molar refractivity (Wildman–Crippen MR) is 113 cm³/mol. The molecule has 4 rings (SSSR count). The third kappa shape index (κ3) is 3.15. The topological polar surface area (TPSA) is 80.0 Å². The monoisotopic (exact) mass is 423 g/mol. The molecule has 1 atom stereocenters. The highest BCUT2D eigenvalue weighted by molar-refractivity contribution is 6.51. The second-order valence-corrected chi connectivity index (χ2v) is 7.25. The lowest BCUT2D eigenvalue weighted by Gasteiger charge is -2.25. The number of ketones is 1. The SMILES string of the molecule is COc1ccc(Cl)cc1/C(O)=C1/C(=O)C(=O)N(c2ccccc2C)C1c1ccco1. The fourth-order valence-electron chi connectivity index (χ4n) is 3.64. The zero-order chi connectivity index (χ0) is 21.4. The number of hydrogen-bond acceptors (Lipinski definition) is 5. The van der Waals surface area contributed by atoms with Crippen LogP contribution in [0.5, 0.6) is 5.75 Å². The number of aryl methyl sites for hydroxylation is 1. The predicted octanol–water partition coefficient (Wildman–Crippen LogP) is 4.88. The smallest absolute Gasteiger partial charge is 0.300 e. The first kappa shape index (κ1) is 19.8. The number of anilines is 1. The first-order chi connectivity index (χ1) is 14.4. The third-order valence-corrected chi connectivity index (χ3v) is 5.28. The molecular formula is C23H18ClNO5. The molecule has 0 spiro atoms. The Hall–Kier alpha value is -3.51. The summed E-state index contributed by atoms with van der Waals surface area (Å²) < 4.78 is 10.9. The van der Waals surface area contributed by atoms with Crippen LogP contribution < -0.4 is 9.64 Å². The minimum absolute atomic E-state index is 0.0984. The van der Waals surface area contributed by atoms with E-state index in [0.29, 0.717) is 22.2 Å². The molecule has 0 saturated carbocycles. The number of benzene rings is 2. The van der Waals surface area contributed by atoms with Crippen molar-refractivity contribution in [2.45, 2.75) is 13.0 Å². The summed E-state index contributed by atoms with van der Waals surface area (Å²) in [5.74, 6) is -1.30. The fourth-order valence-corrected chi connectivity index (χ4v) is 3.81. The first-order valence-corrected chi connectivity index (χ1v) is 9.55. The van der Waals surface area contributed by atoms with Crippen molar-refractivity contribution in [2.75, 3.05) is 12.0 Å². The van der Waals surface area contributed by atoms with Crippen LogP contribution in [0.3, 0.4) is 0 Å². The number of amides is 1. The first-order valence-electron chi connectivity index (χ1n) is 9.18. The number of carbonyl (C=O) groups excluding carboxylic acids is 2. The number of para-hydroxylation sites is 1. The largest absolute Gasteiger partial charge is 0.507 e. The summed E-state index contributed by atoms with van der Waals surface area (Å²) in [5, 5.41) is 11.5. The van der Waals surface area contributed by atoms with Gasteiger partial charge in [0.05, 0.1) is 24.5 Å². The van der Waals surface area contributed by atoms with Crippen molar-refractivity contribution >= 4 is 34.7 Å². The quantitative estimate of drug-likeness (QED) is 0.367. The Morgan fingerprint density at radius 2 is 1.90 bits per heavy atom. The van der Waals surface area contributed by atoms with E-state index in [0.717, 1.165) is 5.56 Å². The van der Waals surface area contributed by atoms with Crippen LogP contribution in [0.25, 0.3) is 5.76 Å². The van der Waals surface area contributed by atoms with E-state index in [9.17, 15) is 14.7 Å². The third-order valence-electron chi connectivity index (χ3n) is 5.05. The molecule has 0 bridgehead atoms. The van der Waals surface area contributed by atoms with Crippen LogP contribution in [0.1, 0.15) is 22.9 Å². The molecule has 1 saturated heterocycles. The Bertz CT molecular complexity index is 1170. The molecule has 0 radical (unpaired) electrons. The summed E-state index contributed by atoms with van der Waals surface area (Å²) in [7, 11) is 1.44. The van der Waals surface area contributed by atoms with E-state index in [1.807, 2.05) is 19.1 Å². The second kappa shape index (κ2) is 7.72. The van der Waals surface area contributed by atoms with Crippen molar-refractivity contribution < 1.29 is 23.8 Å². The number of hydrogen-bond donors (Lipinski definition) is 1. The van der Waals surface area contributed by atoms with Crippen LogP contribution >= 0.6 is 11.6 Å². The minimum atomic E-state index is -0.940. The molecule has 30 heavy (non-hydrogen) atoms. The van der Waals surface area contributed by atoms with Crippen molar-refractivity contribution in [1.29, 1.82) is 0 Å². The van der Waals surface area contributed by atoms with Gasteiger partial charge in [-0.25, -0.2) is 0 Å². The van der Waals surface area contributed by atoms with E-state index in [1.165, 1.54) is 24.3 Å². The lowest BCUT2D eigenvalue weighted by atomic mass is 9.98. The van der Waals surface area contributed by atoms with Gasteiger partial charge in [-0.3, -0.25) is 14.5 Å². The van der Waals surface area contributed by atoms with Gasteiger partial charge in [-0.05, 0) is 48.9 Å². The summed E-state index contributed by atoms with van der Waals surface area (Å²) in [6.45, 7) is 1.84. The molecule has 0 aliphatic carbocycles. The summed E-state index contributed by atoms with van der Waals surface area (Å²) in [6.07, 6.45) is 1.45. The highest BCUT2D eigenvalue weighted by Crippen LogP contribution is 2.44. The number of Topliss-reactive ketones (excluding diaryl/α,β-unsaturated/α-hetero) is 1. The molecule has 1 aliphatic rings. The van der Waals surface area contributed by atoms with E-state index in [4.69, 9.17) is 20.8 Å². The lowest BCUT2D eigenvalue weighted by Crippen LogP contribution is -2.29. The Morgan fingerprint density at radius 1 is 1.13 bits per heavy atom. The van der Waals surface area contributed by atoms with Gasteiger partial charge in [0.15, 0.2) is 0 Å². The van der Waals surface area contributed by atoms with Gasteiger partial charge in [0.25, 0.3) is 11.7 Å². The van der Waals surface area contributed by atoms with Gasteiger partial charge in [0.2, 0.25) is 0 Å². The molecule has 2 aromatic carbocycles. The normalized spacial score (nSPS) is 18.1. The van der Waals surface area contributed by atoms with Crippen LogP contribution in [0, 0.1) is 6.92 Å².